The summed E-state index contributed by atoms with van der Waals surface area (Å²) >= 11 is 0. The standard InChI is InChI=1S/C21H12F6N2O/c22-20(23,24)15-8-6-13(7-9-15)12-29-18(14-4-2-1-3-5-14)10-17(21(25,26)27)16(11-28)19(29)30/h1-10H,12H2. The molecule has 0 atom stereocenters. The van der Waals surface area contributed by atoms with Crippen LogP contribution in [0.5, 0.6) is 0 Å². The van der Waals surface area contributed by atoms with Crippen LogP contribution >= 0.6 is 0 Å². The number of pyridine rings is 1. The van der Waals surface area contributed by atoms with E-state index in [0.29, 0.717) is 6.07 Å². The zero-order valence-corrected chi connectivity index (χ0v) is 15.1. The van der Waals surface area contributed by atoms with E-state index in [9.17, 15) is 31.1 Å². The van der Waals surface area contributed by atoms with E-state index >= 15 is 0 Å². The van der Waals surface area contributed by atoms with Crippen LogP contribution in [-0.2, 0) is 18.9 Å². The van der Waals surface area contributed by atoms with E-state index < -0.39 is 34.6 Å². The molecule has 3 rings (SSSR count). The third-order valence-electron chi connectivity index (χ3n) is 4.41. The molecule has 0 unspecified atom stereocenters. The number of alkyl halides is 6. The average Bonchev–Trinajstić information content (AvgIpc) is 2.68. The number of halogens is 6. The normalized spacial score (nSPS) is 11.9. The van der Waals surface area contributed by atoms with E-state index in [1.165, 1.54) is 18.2 Å². The Morgan fingerprint density at radius 2 is 1.47 bits per heavy atom. The smallest absolute Gasteiger partial charge is 0.303 e. The lowest BCUT2D eigenvalue weighted by Gasteiger charge is -2.18. The van der Waals surface area contributed by atoms with Gasteiger partial charge in [-0.25, -0.2) is 0 Å². The molecule has 2 aromatic carbocycles. The van der Waals surface area contributed by atoms with Gasteiger partial charge in [-0.3, -0.25) is 4.79 Å². The molecule has 3 aromatic rings. The van der Waals surface area contributed by atoms with Crippen molar-refractivity contribution in [3.8, 4) is 17.3 Å². The van der Waals surface area contributed by atoms with Crippen LogP contribution in [0.3, 0.4) is 0 Å². The van der Waals surface area contributed by atoms with Gasteiger partial charge in [-0.05, 0) is 29.3 Å². The van der Waals surface area contributed by atoms with Crippen molar-refractivity contribution in [3.63, 3.8) is 0 Å². The Morgan fingerprint density at radius 3 is 1.97 bits per heavy atom. The first-order chi connectivity index (χ1) is 14.0. The molecule has 0 aliphatic carbocycles. The van der Waals surface area contributed by atoms with Crippen molar-refractivity contribution >= 4 is 0 Å². The molecule has 0 N–H and O–H groups in total. The lowest BCUT2D eigenvalue weighted by molar-refractivity contribution is -0.138. The first kappa shape index (κ1) is 21.2. The Kier molecular flexibility index (Phi) is 5.44. The lowest BCUT2D eigenvalue weighted by atomic mass is 10.0. The predicted octanol–water partition coefficient (Wildman–Crippen LogP) is 5.47. The second-order valence-corrected chi connectivity index (χ2v) is 6.38. The second kappa shape index (κ2) is 7.71. The summed E-state index contributed by atoms with van der Waals surface area (Å²) in [7, 11) is 0. The van der Waals surface area contributed by atoms with Crippen LogP contribution < -0.4 is 5.56 Å². The molecule has 0 fully saturated rings. The molecule has 0 amide bonds. The van der Waals surface area contributed by atoms with Crippen molar-refractivity contribution in [2.75, 3.05) is 0 Å². The van der Waals surface area contributed by atoms with E-state index in [4.69, 9.17) is 5.26 Å². The van der Waals surface area contributed by atoms with Crippen LogP contribution in [0.25, 0.3) is 11.3 Å². The van der Waals surface area contributed by atoms with Crippen molar-refractivity contribution < 1.29 is 26.3 Å². The molecule has 0 saturated carbocycles. The van der Waals surface area contributed by atoms with Crippen molar-refractivity contribution in [1.29, 1.82) is 5.26 Å². The molecular formula is C21H12F6N2O. The van der Waals surface area contributed by atoms with E-state index in [1.807, 2.05) is 0 Å². The molecule has 154 valence electrons. The summed E-state index contributed by atoms with van der Waals surface area (Å²) in [6.45, 7) is -0.311. The van der Waals surface area contributed by atoms with Crippen molar-refractivity contribution in [3.05, 3.63) is 93.3 Å². The highest BCUT2D eigenvalue weighted by molar-refractivity contribution is 5.62. The van der Waals surface area contributed by atoms with Crippen LogP contribution in [0.2, 0.25) is 0 Å². The molecule has 1 aromatic heterocycles. The SMILES string of the molecule is N#Cc1c(C(F)(F)F)cc(-c2ccccc2)n(Cc2ccc(C(F)(F)F)cc2)c1=O. The minimum Gasteiger partial charge on any atom is -0.303 e. The summed E-state index contributed by atoms with van der Waals surface area (Å²) in [5.41, 5.74) is -4.07. The van der Waals surface area contributed by atoms with Gasteiger partial charge < -0.3 is 4.57 Å². The Hall–Kier alpha value is -3.54. The fraction of sp³-hybridized carbons (Fsp3) is 0.143. The third kappa shape index (κ3) is 4.22. The van der Waals surface area contributed by atoms with Gasteiger partial charge in [0, 0.05) is 0 Å². The van der Waals surface area contributed by atoms with Gasteiger partial charge in [0.05, 0.1) is 23.4 Å². The topological polar surface area (TPSA) is 45.8 Å². The van der Waals surface area contributed by atoms with Gasteiger partial charge in [0.2, 0.25) is 0 Å². The average molecular weight is 422 g/mol. The highest BCUT2D eigenvalue weighted by atomic mass is 19.4. The van der Waals surface area contributed by atoms with Crippen LogP contribution in [0, 0.1) is 11.3 Å². The minimum absolute atomic E-state index is 0.105. The van der Waals surface area contributed by atoms with Gasteiger partial charge in [0.15, 0.2) is 0 Å². The van der Waals surface area contributed by atoms with Crippen molar-refractivity contribution in [2.24, 2.45) is 0 Å². The van der Waals surface area contributed by atoms with E-state index in [1.54, 1.807) is 18.2 Å². The largest absolute Gasteiger partial charge is 0.417 e. The molecule has 9 heteroatoms. The number of rotatable bonds is 3. The summed E-state index contributed by atoms with van der Waals surface area (Å²) in [6, 6.07) is 13.7. The quantitative estimate of drug-likeness (QED) is 0.526. The molecule has 0 aliphatic heterocycles. The molecule has 0 bridgehead atoms. The Labute approximate surface area is 166 Å². The fourth-order valence-electron chi connectivity index (χ4n) is 2.96. The van der Waals surface area contributed by atoms with Crippen LogP contribution in [0.15, 0.2) is 65.5 Å². The lowest BCUT2D eigenvalue weighted by Crippen LogP contribution is -2.28. The molecule has 0 aliphatic rings. The van der Waals surface area contributed by atoms with Crippen LogP contribution in [0.1, 0.15) is 22.3 Å². The molecule has 0 spiro atoms. The Bertz CT molecular complexity index is 1150. The maximum Gasteiger partial charge on any atom is 0.417 e. The van der Waals surface area contributed by atoms with Crippen LogP contribution in [0.4, 0.5) is 26.3 Å². The van der Waals surface area contributed by atoms with Gasteiger partial charge in [0.1, 0.15) is 11.6 Å². The number of aromatic nitrogens is 1. The zero-order chi connectivity index (χ0) is 22.1. The number of hydrogen-bond acceptors (Lipinski definition) is 2. The molecule has 1 heterocycles. The maximum absolute atomic E-state index is 13.4. The molecule has 0 radical (unpaired) electrons. The molecule has 0 saturated heterocycles. The van der Waals surface area contributed by atoms with Gasteiger partial charge in [-0.1, -0.05) is 42.5 Å². The number of nitrogens with zero attached hydrogens (tertiary/aromatic N) is 2. The van der Waals surface area contributed by atoms with E-state index in [0.717, 1.165) is 28.8 Å². The highest BCUT2D eigenvalue weighted by Crippen LogP contribution is 2.34. The van der Waals surface area contributed by atoms with Crippen molar-refractivity contribution in [1.82, 2.24) is 4.57 Å². The number of nitriles is 1. The second-order valence-electron chi connectivity index (χ2n) is 6.38. The van der Waals surface area contributed by atoms with E-state index in [2.05, 4.69) is 0 Å². The predicted molar refractivity (Wildman–Crippen MR) is 96.4 cm³/mol. The first-order valence-corrected chi connectivity index (χ1v) is 8.49. The molecule has 30 heavy (non-hydrogen) atoms. The fourth-order valence-corrected chi connectivity index (χ4v) is 2.96. The van der Waals surface area contributed by atoms with Gasteiger partial charge in [-0.2, -0.15) is 31.6 Å². The summed E-state index contributed by atoms with van der Waals surface area (Å²) in [4.78, 5) is 12.8. The van der Waals surface area contributed by atoms with Crippen molar-refractivity contribution in [2.45, 2.75) is 18.9 Å². The zero-order valence-electron chi connectivity index (χ0n) is 15.1. The monoisotopic (exact) mass is 422 g/mol. The van der Waals surface area contributed by atoms with Crippen LogP contribution in [-0.4, -0.2) is 4.57 Å². The molecule has 3 nitrogen and oxygen atoms in total. The molecular weight excluding hydrogens is 410 g/mol. The highest BCUT2D eigenvalue weighted by Gasteiger charge is 2.36. The number of hydrogen-bond donors (Lipinski definition) is 0. The summed E-state index contributed by atoms with van der Waals surface area (Å²) in [5, 5.41) is 9.15. The minimum atomic E-state index is -4.93. The first-order valence-electron chi connectivity index (χ1n) is 8.49. The third-order valence-corrected chi connectivity index (χ3v) is 4.41. The van der Waals surface area contributed by atoms with Gasteiger partial charge in [-0.15, -0.1) is 0 Å². The summed E-state index contributed by atoms with van der Waals surface area (Å²) in [6.07, 6.45) is -9.48. The number of benzene rings is 2. The summed E-state index contributed by atoms with van der Waals surface area (Å²) < 4.78 is 79.5. The maximum atomic E-state index is 13.4. The Morgan fingerprint density at radius 1 is 0.867 bits per heavy atom. The van der Waals surface area contributed by atoms with Gasteiger partial charge in [0.25, 0.3) is 5.56 Å². The summed E-state index contributed by atoms with van der Waals surface area (Å²) in [5.74, 6) is 0. The Balaban J connectivity index is 2.20. The van der Waals surface area contributed by atoms with Gasteiger partial charge >= 0.3 is 12.4 Å². The van der Waals surface area contributed by atoms with E-state index in [-0.39, 0.29) is 23.4 Å².